The van der Waals surface area contributed by atoms with E-state index in [2.05, 4.69) is 58.2 Å². The lowest BCUT2D eigenvalue weighted by molar-refractivity contribution is -0.00108. The highest BCUT2D eigenvalue weighted by Crippen LogP contribution is 2.45. The number of aromatic nitrogens is 5. The van der Waals surface area contributed by atoms with Crippen LogP contribution in [0, 0.1) is 11.3 Å². The molecule has 1 aliphatic carbocycles. The molecule has 1 N–H and O–H groups in total. The van der Waals surface area contributed by atoms with E-state index in [1.165, 1.54) is 0 Å². The van der Waals surface area contributed by atoms with Crippen LogP contribution in [0.4, 0.5) is 0 Å². The van der Waals surface area contributed by atoms with Crippen molar-refractivity contribution in [3.05, 3.63) is 31.0 Å². The van der Waals surface area contributed by atoms with Gasteiger partial charge in [-0.1, -0.05) is 19.6 Å². The molecule has 3 aromatic rings. The van der Waals surface area contributed by atoms with Crippen molar-refractivity contribution in [2.24, 2.45) is 0 Å². The van der Waals surface area contributed by atoms with Gasteiger partial charge in [0.25, 0.3) is 0 Å². The molecule has 0 amide bonds. The number of nitrogens with one attached hydrogen (secondary N) is 1. The van der Waals surface area contributed by atoms with Crippen LogP contribution in [0.25, 0.3) is 22.3 Å². The molecule has 4 heterocycles. The summed E-state index contributed by atoms with van der Waals surface area (Å²) in [5.41, 5.74) is 2.46. The molecule has 1 saturated carbocycles. The van der Waals surface area contributed by atoms with E-state index in [1.54, 1.807) is 6.33 Å². The van der Waals surface area contributed by atoms with Gasteiger partial charge in [-0.25, -0.2) is 9.97 Å². The topological polar surface area (TPSA) is 96.8 Å². The molecule has 0 atom stereocenters. The third-order valence-electron chi connectivity index (χ3n) is 7.43. The van der Waals surface area contributed by atoms with Crippen molar-refractivity contribution in [1.29, 1.82) is 5.26 Å². The maximum Gasteiger partial charge on any atom is 0.145 e. The van der Waals surface area contributed by atoms with Crippen molar-refractivity contribution in [3.8, 4) is 17.3 Å². The van der Waals surface area contributed by atoms with E-state index < -0.39 is 8.07 Å². The number of ether oxygens (including phenoxy) is 1. The fourth-order valence-electron chi connectivity index (χ4n) is 5.27. The SMILES string of the molecule is C[Si](C)(C)CCOCn1ccc2c(-c3cnn([C@]4(CC#N)C[C@H](N5CCNCC5)C4)c3)ncnc21. The lowest BCUT2D eigenvalue weighted by Gasteiger charge is -2.51. The maximum absolute atomic E-state index is 9.58. The molecule has 2 fully saturated rings. The predicted octanol–water partition coefficient (Wildman–Crippen LogP) is 3.28. The van der Waals surface area contributed by atoms with E-state index in [0.717, 1.165) is 74.0 Å². The van der Waals surface area contributed by atoms with Gasteiger partial charge >= 0.3 is 0 Å². The van der Waals surface area contributed by atoms with Gasteiger partial charge in [0.05, 0.1) is 29.9 Å². The molecular weight excluding hydrogens is 456 g/mol. The molecule has 9 nitrogen and oxygen atoms in total. The van der Waals surface area contributed by atoms with E-state index in [4.69, 9.17) is 9.84 Å². The van der Waals surface area contributed by atoms with Crippen LogP contribution in [0.2, 0.25) is 25.7 Å². The van der Waals surface area contributed by atoms with Gasteiger partial charge in [0, 0.05) is 70.2 Å². The average Bonchev–Trinajstić information content (AvgIpc) is 3.47. The Morgan fingerprint density at radius 3 is 2.77 bits per heavy atom. The first kappa shape index (κ1) is 24.1. The number of fused-ring (bicyclic) bond motifs is 1. The van der Waals surface area contributed by atoms with E-state index in [-0.39, 0.29) is 5.54 Å². The summed E-state index contributed by atoms with van der Waals surface area (Å²) in [7, 11) is -1.11. The number of nitrogens with zero attached hydrogens (tertiary/aromatic N) is 7. The molecule has 0 bridgehead atoms. The van der Waals surface area contributed by atoms with Gasteiger partial charge in [-0.15, -0.1) is 0 Å². The summed E-state index contributed by atoms with van der Waals surface area (Å²) in [5, 5.41) is 18.7. The van der Waals surface area contributed by atoms with Crippen molar-refractivity contribution >= 4 is 19.1 Å². The first-order chi connectivity index (χ1) is 16.9. The second kappa shape index (κ2) is 9.82. The molecule has 35 heavy (non-hydrogen) atoms. The minimum absolute atomic E-state index is 0.231. The van der Waals surface area contributed by atoms with Gasteiger partial charge in [-0.3, -0.25) is 9.58 Å². The van der Waals surface area contributed by atoms with Crippen LogP contribution in [0.1, 0.15) is 19.3 Å². The summed E-state index contributed by atoms with van der Waals surface area (Å²) < 4.78 is 10.0. The number of rotatable bonds is 9. The van der Waals surface area contributed by atoms with Crippen molar-refractivity contribution in [3.63, 3.8) is 0 Å². The Morgan fingerprint density at radius 2 is 2.03 bits per heavy atom. The van der Waals surface area contributed by atoms with Crippen LogP contribution < -0.4 is 5.32 Å². The van der Waals surface area contributed by atoms with E-state index in [1.807, 2.05) is 21.6 Å². The monoisotopic (exact) mass is 492 g/mol. The fraction of sp³-hybridized carbons (Fsp3) is 0.600. The molecule has 0 aromatic carbocycles. The minimum atomic E-state index is -1.11. The highest BCUT2D eigenvalue weighted by atomic mass is 28.3. The molecule has 1 aliphatic heterocycles. The standard InChI is InChI=1S/C25H36N8OSi/c1-35(2,3)13-12-34-19-32-9-4-22-23(28-18-29-24(22)32)20-16-30-33(17-20)25(5-6-26)14-21(15-25)31-10-7-27-8-11-31/h4,9,16-18,21,27H,5,7-8,10-15,19H2,1-3H3/t21-,25+. The quantitative estimate of drug-likeness (QED) is 0.362. The highest BCUT2D eigenvalue weighted by molar-refractivity contribution is 6.76. The maximum atomic E-state index is 9.58. The van der Waals surface area contributed by atoms with E-state index in [9.17, 15) is 5.26 Å². The van der Waals surface area contributed by atoms with Gasteiger partial charge in [0.15, 0.2) is 0 Å². The molecular formula is C25H36N8OSi. The lowest BCUT2D eigenvalue weighted by Crippen LogP contribution is -2.59. The van der Waals surface area contributed by atoms with Gasteiger partial charge < -0.3 is 14.6 Å². The Bertz CT molecular complexity index is 1190. The molecule has 0 radical (unpaired) electrons. The minimum Gasteiger partial charge on any atom is -0.361 e. The molecule has 10 heteroatoms. The van der Waals surface area contributed by atoms with Crippen molar-refractivity contribution < 1.29 is 4.74 Å². The second-order valence-corrected chi connectivity index (χ2v) is 16.8. The Balaban J connectivity index is 1.32. The van der Waals surface area contributed by atoms with Crippen LogP contribution >= 0.6 is 0 Å². The molecule has 5 rings (SSSR count). The van der Waals surface area contributed by atoms with Crippen LogP contribution in [-0.4, -0.2) is 76.1 Å². The summed E-state index contributed by atoms with van der Waals surface area (Å²) in [5.74, 6) is 0. The smallest absolute Gasteiger partial charge is 0.145 e. The number of hydrogen-bond donors (Lipinski definition) is 1. The molecule has 186 valence electrons. The molecule has 1 saturated heterocycles. The van der Waals surface area contributed by atoms with Crippen molar-refractivity contribution in [2.75, 3.05) is 32.8 Å². The Kier molecular flexibility index (Phi) is 6.77. The second-order valence-electron chi connectivity index (χ2n) is 11.2. The van der Waals surface area contributed by atoms with Gasteiger partial charge in [0.2, 0.25) is 0 Å². The highest BCUT2D eigenvalue weighted by Gasteiger charge is 2.48. The summed E-state index contributed by atoms with van der Waals surface area (Å²) in [6.07, 6.45) is 9.97. The first-order valence-electron chi connectivity index (χ1n) is 12.6. The van der Waals surface area contributed by atoms with Gasteiger partial charge in [-0.2, -0.15) is 10.4 Å². The number of hydrogen-bond acceptors (Lipinski definition) is 7. The van der Waals surface area contributed by atoms with Crippen LogP contribution in [0.15, 0.2) is 31.0 Å². The molecule has 0 unspecified atom stereocenters. The van der Waals surface area contributed by atoms with Crippen molar-refractivity contribution in [2.45, 2.75) is 63.3 Å². The zero-order chi connectivity index (χ0) is 24.5. The number of piperazine rings is 1. The van der Waals surface area contributed by atoms with Gasteiger partial charge in [0.1, 0.15) is 18.7 Å². The molecule has 0 spiro atoms. The van der Waals surface area contributed by atoms with Crippen LogP contribution in [-0.2, 0) is 17.0 Å². The Morgan fingerprint density at radius 1 is 1.23 bits per heavy atom. The average molecular weight is 493 g/mol. The zero-order valence-corrected chi connectivity index (χ0v) is 22.1. The Labute approximate surface area is 208 Å². The summed E-state index contributed by atoms with van der Waals surface area (Å²) >= 11 is 0. The molecule has 3 aromatic heterocycles. The predicted molar refractivity (Wildman–Crippen MR) is 139 cm³/mol. The van der Waals surface area contributed by atoms with Crippen LogP contribution in [0.5, 0.6) is 0 Å². The summed E-state index contributed by atoms with van der Waals surface area (Å²) in [4.78, 5) is 11.7. The Hall–Kier alpha value is -2.58. The largest absolute Gasteiger partial charge is 0.361 e. The normalized spacial score (nSPS) is 23.3. The first-order valence-corrected chi connectivity index (χ1v) is 16.3. The fourth-order valence-corrected chi connectivity index (χ4v) is 6.02. The zero-order valence-electron chi connectivity index (χ0n) is 21.1. The van der Waals surface area contributed by atoms with E-state index >= 15 is 0 Å². The van der Waals surface area contributed by atoms with Gasteiger partial charge in [-0.05, 0) is 25.0 Å². The third-order valence-corrected chi connectivity index (χ3v) is 9.14. The van der Waals surface area contributed by atoms with Crippen LogP contribution in [0.3, 0.4) is 0 Å². The summed E-state index contributed by atoms with van der Waals surface area (Å²) in [6, 6.07) is 6.14. The van der Waals surface area contributed by atoms with E-state index in [0.29, 0.717) is 19.2 Å². The van der Waals surface area contributed by atoms with Crippen molar-refractivity contribution in [1.82, 2.24) is 34.5 Å². The lowest BCUT2D eigenvalue weighted by atomic mass is 9.70. The number of nitriles is 1. The summed E-state index contributed by atoms with van der Waals surface area (Å²) in [6.45, 7) is 12.6. The third kappa shape index (κ3) is 5.04. The molecule has 2 aliphatic rings.